The molecule has 0 saturated carbocycles. The quantitative estimate of drug-likeness (QED) is 0.719. The first-order valence-corrected chi connectivity index (χ1v) is 6.20. The molecule has 0 aromatic heterocycles. The van der Waals surface area contributed by atoms with E-state index in [2.05, 4.69) is 5.32 Å². The van der Waals surface area contributed by atoms with Crippen LogP contribution in [0.1, 0.15) is 53.9 Å². The zero-order chi connectivity index (χ0) is 14.4. The maximum absolute atomic E-state index is 11.3. The van der Waals surface area contributed by atoms with Crippen LogP contribution in [-0.2, 0) is 9.53 Å². The van der Waals surface area contributed by atoms with Crippen LogP contribution in [0, 0.1) is 5.41 Å². The average Bonchev–Trinajstić information content (AvgIpc) is 2.07. The molecule has 0 radical (unpaired) electrons. The highest BCUT2D eigenvalue weighted by Crippen LogP contribution is 2.26. The molecule has 0 aliphatic heterocycles. The first-order valence-electron chi connectivity index (χ1n) is 6.20. The predicted octanol–water partition coefficient (Wildman–Crippen LogP) is 2.79. The molecule has 1 amide bonds. The highest BCUT2D eigenvalue weighted by Gasteiger charge is 2.21. The van der Waals surface area contributed by atoms with Crippen LogP contribution in [0.25, 0.3) is 0 Å². The molecule has 0 atom stereocenters. The van der Waals surface area contributed by atoms with Gasteiger partial charge in [-0.15, -0.1) is 0 Å². The van der Waals surface area contributed by atoms with E-state index in [1.54, 1.807) is 0 Å². The van der Waals surface area contributed by atoms with Crippen molar-refractivity contribution in [3.63, 3.8) is 0 Å². The van der Waals surface area contributed by atoms with E-state index in [-0.39, 0.29) is 11.8 Å². The molecule has 0 bridgehead atoms. The molecule has 5 heteroatoms. The average molecular weight is 259 g/mol. The number of amides is 1. The zero-order valence-corrected chi connectivity index (χ0v) is 12.0. The molecule has 5 nitrogen and oxygen atoms in total. The van der Waals surface area contributed by atoms with E-state index in [9.17, 15) is 9.59 Å². The highest BCUT2D eigenvalue weighted by molar-refractivity contribution is 5.68. The number of rotatable bonds is 6. The summed E-state index contributed by atoms with van der Waals surface area (Å²) in [7, 11) is 0. The number of carbonyl (C=O) groups is 2. The molecule has 106 valence electrons. The highest BCUT2D eigenvalue weighted by atomic mass is 16.6. The fraction of sp³-hybridized carbons (Fsp3) is 0.846. The number of carboxylic acids is 1. The van der Waals surface area contributed by atoms with Gasteiger partial charge >= 0.3 is 12.1 Å². The lowest BCUT2D eigenvalue weighted by Gasteiger charge is -2.23. The summed E-state index contributed by atoms with van der Waals surface area (Å²) >= 11 is 0. The molecule has 0 rings (SSSR count). The smallest absolute Gasteiger partial charge is 0.407 e. The van der Waals surface area contributed by atoms with Gasteiger partial charge in [-0.25, -0.2) is 4.79 Å². The van der Waals surface area contributed by atoms with Crippen molar-refractivity contribution in [2.75, 3.05) is 6.54 Å². The first kappa shape index (κ1) is 16.7. The lowest BCUT2D eigenvalue weighted by molar-refractivity contribution is -0.139. The third-order valence-corrected chi connectivity index (χ3v) is 2.33. The van der Waals surface area contributed by atoms with Gasteiger partial charge in [0, 0.05) is 6.54 Å². The van der Waals surface area contributed by atoms with Crippen LogP contribution < -0.4 is 5.32 Å². The second kappa shape index (κ2) is 6.61. The SMILES string of the molecule is CC(C)(CCCNC(=O)OC(C)(C)C)CC(=O)O. The van der Waals surface area contributed by atoms with E-state index in [1.807, 2.05) is 34.6 Å². The van der Waals surface area contributed by atoms with Gasteiger partial charge < -0.3 is 15.2 Å². The van der Waals surface area contributed by atoms with Gasteiger partial charge in [-0.3, -0.25) is 4.79 Å². The Morgan fingerprint density at radius 1 is 1.17 bits per heavy atom. The standard InChI is InChI=1S/C13H25NO4/c1-12(2,3)18-11(17)14-8-6-7-13(4,5)9-10(15)16/h6-9H2,1-5H3,(H,14,17)(H,15,16). The van der Waals surface area contributed by atoms with E-state index in [1.165, 1.54) is 0 Å². The number of aliphatic carboxylic acids is 1. The third-order valence-electron chi connectivity index (χ3n) is 2.33. The van der Waals surface area contributed by atoms with Gasteiger partial charge in [0.05, 0.1) is 6.42 Å². The van der Waals surface area contributed by atoms with Crippen LogP contribution in [0.3, 0.4) is 0 Å². The molecule has 0 aliphatic carbocycles. The molecular formula is C13H25NO4. The van der Waals surface area contributed by atoms with Gasteiger partial charge in [0.2, 0.25) is 0 Å². The summed E-state index contributed by atoms with van der Waals surface area (Å²) in [6.07, 6.45) is 1.19. The first-order chi connectivity index (χ1) is 8.02. The second-order valence-electron chi connectivity index (χ2n) is 6.27. The number of nitrogens with one attached hydrogen (secondary N) is 1. The van der Waals surface area contributed by atoms with Crippen molar-refractivity contribution < 1.29 is 19.4 Å². The van der Waals surface area contributed by atoms with E-state index >= 15 is 0 Å². The normalized spacial score (nSPS) is 12.1. The number of carboxylic acid groups (broad SMARTS) is 1. The number of ether oxygens (including phenoxy) is 1. The second-order valence-corrected chi connectivity index (χ2v) is 6.27. The van der Waals surface area contributed by atoms with Gasteiger partial charge in [0.15, 0.2) is 0 Å². The summed E-state index contributed by atoms with van der Waals surface area (Å²) in [6.45, 7) is 9.74. The molecular weight excluding hydrogens is 234 g/mol. The monoisotopic (exact) mass is 259 g/mol. The minimum atomic E-state index is -0.792. The van der Waals surface area contributed by atoms with E-state index < -0.39 is 17.7 Å². The molecule has 0 spiro atoms. The Kier molecular flexibility index (Phi) is 6.15. The molecule has 0 aliphatic rings. The lowest BCUT2D eigenvalue weighted by atomic mass is 9.84. The molecule has 18 heavy (non-hydrogen) atoms. The number of hydrogen-bond acceptors (Lipinski definition) is 3. The molecule has 0 fully saturated rings. The summed E-state index contributed by atoms with van der Waals surface area (Å²) < 4.78 is 5.09. The van der Waals surface area contributed by atoms with Crippen LogP contribution in [0.5, 0.6) is 0 Å². The summed E-state index contributed by atoms with van der Waals surface area (Å²) in [4.78, 5) is 22.0. The van der Waals surface area contributed by atoms with Crippen molar-refractivity contribution in [1.82, 2.24) is 5.32 Å². The Morgan fingerprint density at radius 2 is 1.72 bits per heavy atom. The van der Waals surface area contributed by atoms with Gasteiger partial charge in [0.25, 0.3) is 0 Å². The lowest BCUT2D eigenvalue weighted by Crippen LogP contribution is -2.33. The maximum atomic E-state index is 11.3. The van der Waals surface area contributed by atoms with Crippen LogP contribution in [0.4, 0.5) is 4.79 Å². The van der Waals surface area contributed by atoms with Crippen molar-refractivity contribution in [3.8, 4) is 0 Å². The molecule has 0 saturated heterocycles. The van der Waals surface area contributed by atoms with Crippen molar-refractivity contribution >= 4 is 12.1 Å². The topological polar surface area (TPSA) is 75.6 Å². The minimum Gasteiger partial charge on any atom is -0.481 e. The van der Waals surface area contributed by atoms with Crippen molar-refractivity contribution in [2.45, 2.75) is 59.5 Å². The Morgan fingerprint density at radius 3 is 2.17 bits per heavy atom. The summed E-state index contributed by atoms with van der Waals surface area (Å²) in [5, 5.41) is 11.4. The fourth-order valence-corrected chi connectivity index (χ4v) is 1.57. The fourth-order valence-electron chi connectivity index (χ4n) is 1.57. The van der Waals surface area contributed by atoms with Crippen LogP contribution in [0.2, 0.25) is 0 Å². The Hall–Kier alpha value is -1.26. The predicted molar refractivity (Wildman–Crippen MR) is 69.5 cm³/mol. The van der Waals surface area contributed by atoms with Gasteiger partial charge in [-0.05, 0) is 39.0 Å². The van der Waals surface area contributed by atoms with E-state index in [0.717, 1.165) is 12.8 Å². The van der Waals surface area contributed by atoms with Crippen molar-refractivity contribution in [3.05, 3.63) is 0 Å². The molecule has 0 aromatic rings. The van der Waals surface area contributed by atoms with Crippen molar-refractivity contribution in [2.24, 2.45) is 5.41 Å². The van der Waals surface area contributed by atoms with Crippen LogP contribution in [-0.4, -0.2) is 29.3 Å². The summed E-state index contributed by atoms with van der Waals surface area (Å²) in [5.41, 5.74) is -0.742. The van der Waals surface area contributed by atoms with E-state index in [0.29, 0.717) is 6.54 Å². The Balaban J connectivity index is 3.80. The molecule has 0 unspecified atom stereocenters. The summed E-state index contributed by atoms with van der Waals surface area (Å²) in [5.74, 6) is -0.792. The number of hydrogen-bond donors (Lipinski definition) is 2. The Labute approximate surface area is 109 Å². The third kappa shape index (κ3) is 9.93. The van der Waals surface area contributed by atoms with Gasteiger partial charge in [-0.2, -0.15) is 0 Å². The maximum Gasteiger partial charge on any atom is 0.407 e. The largest absolute Gasteiger partial charge is 0.481 e. The molecule has 0 heterocycles. The number of alkyl carbamates (subject to hydrolysis) is 1. The van der Waals surface area contributed by atoms with Gasteiger partial charge in [0.1, 0.15) is 5.60 Å². The van der Waals surface area contributed by atoms with E-state index in [4.69, 9.17) is 9.84 Å². The number of carbonyl (C=O) groups excluding carboxylic acids is 1. The summed E-state index contributed by atoms with van der Waals surface area (Å²) in [6, 6.07) is 0. The van der Waals surface area contributed by atoms with Crippen LogP contribution in [0.15, 0.2) is 0 Å². The van der Waals surface area contributed by atoms with Gasteiger partial charge in [-0.1, -0.05) is 13.8 Å². The van der Waals surface area contributed by atoms with Crippen LogP contribution >= 0.6 is 0 Å². The molecule has 0 aromatic carbocycles. The van der Waals surface area contributed by atoms with Crippen molar-refractivity contribution in [1.29, 1.82) is 0 Å². The minimum absolute atomic E-state index is 0.138. The Bertz CT molecular complexity index is 292. The molecule has 2 N–H and O–H groups in total. The zero-order valence-electron chi connectivity index (χ0n) is 12.0.